The first-order valence-electron chi connectivity index (χ1n) is 8.46. The van der Waals surface area contributed by atoms with Gasteiger partial charge in [0, 0.05) is 6.54 Å². The lowest BCUT2D eigenvalue weighted by Crippen LogP contribution is -2.37. The summed E-state index contributed by atoms with van der Waals surface area (Å²) in [6.45, 7) is 3.68. The molecule has 0 unspecified atom stereocenters. The van der Waals surface area contributed by atoms with Gasteiger partial charge in [-0.15, -0.1) is 0 Å². The van der Waals surface area contributed by atoms with Gasteiger partial charge in [-0.25, -0.2) is 4.79 Å². The van der Waals surface area contributed by atoms with Crippen molar-refractivity contribution in [1.29, 1.82) is 0 Å². The Morgan fingerprint density at radius 3 is 2.50 bits per heavy atom. The molecule has 2 aromatic rings. The lowest BCUT2D eigenvalue weighted by Gasteiger charge is -2.14. The third kappa shape index (κ3) is 5.77. The summed E-state index contributed by atoms with van der Waals surface area (Å²) in [5, 5.41) is 3.06. The van der Waals surface area contributed by atoms with Crippen LogP contribution in [0, 0.1) is 0 Å². The van der Waals surface area contributed by atoms with Crippen LogP contribution in [0.3, 0.4) is 0 Å². The van der Waals surface area contributed by atoms with Crippen LogP contribution in [-0.4, -0.2) is 31.1 Å². The number of nitrogens with one attached hydrogen (secondary N) is 1. The molecule has 0 fully saturated rings. The highest BCUT2D eigenvalue weighted by molar-refractivity contribution is 6.32. The predicted octanol–water partition coefficient (Wildman–Crippen LogP) is 3.84. The van der Waals surface area contributed by atoms with Gasteiger partial charge >= 0.3 is 5.97 Å². The second kappa shape index (κ2) is 9.82. The Hall–Kier alpha value is -2.53. The highest BCUT2D eigenvalue weighted by Gasteiger charge is 2.17. The van der Waals surface area contributed by atoms with Crippen LogP contribution in [0.1, 0.15) is 20.3 Å². The van der Waals surface area contributed by atoms with Crippen molar-refractivity contribution in [2.45, 2.75) is 26.4 Å². The zero-order valence-electron chi connectivity index (χ0n) is 14.8. The molecule has 0 aliphatic carbocycles. The molecule has 0 radical (unpaired) electrons. The number of carbonyl (C=O) groups excluding carboxylic acids is 2. The largest absolute Gasteiger partial charge is 0.480 e. The fraction of sp³-hybridized carbons (Fsp3) is 0.300. The standard InChI is InChI=1S/C20H22ClNO4/c1-3-11-22-20(24)14(2)26-19(23)13-25-18-10-9-16(12-17(18)21)15-7-5-4-6-8-15/h4-10,12,14H,3,11,13H2,1-2H3,(H,22,24)/t14-/m0/s1. The molecular weight excluding hydrogens is 354 g/mol. The quantitative estimate of drug-likeness (QED) is 0.712. The Morgan fingerprint density at radius 1 is 1.12 bits per heavy atom. The van der Waals surface area contributed by atoms with Gasteiger partial charge in [-0.1, -0.05) is 54.9 Å². The van der Waals surface area contributed by atoms with E-state index in [2.05, 4.69) is 5.32 Å². The van der Waals surface area contributed by atoms with E-state index in [1.807, 2.05) is 43.3 Å². The molecule has 0 aliphatic rings. The summed E-state index contributed by atoms with van der Waals surface area (Å²) >= 11 is 6.23. The molecule has 5 nitrogen and oxygen atoms in total. The van der Waals surface area contributed by atoms with E-state index >= 15 is 0 Å². The number of esters is 1. The minimum Gasteiger partial charge on any atom is -0.480 e. The molecule has 138 valence electrons. The van der Waals surface area contributed by atoms with Crippen LogP contribution < -0.4 is 10.1 Å². The number of amides is 1. The Bertz CT molecular complexity index is 749. The number of rotatable bonds is 8. The molecule has 2 aromatic carbocycles. The molecule has 0 spiro atoms. The van der Waals surface area contributed by atoms with Gasteiger partial charge in [0.2, 0.25) is 0 Å². The number of hydrogen-bond donors (Lipinski definition) is 1. The molecule has 0 aromatic heterocycles. The Balaban J connectivity index is 1.89. The Morgan fingerprint density at radius 2 is 1.85 bits per heavy atom. The van der Waals surface area contributed by atoms with Gasteiger partial charge in [0.1, 0.15) is 5.75 Å². The summed E-state index contributed by atoms with van der Waals surface area (Å²) in [7, 11) is 0. The molecule has 2 rings (SSSR count). The van der Waals surface area contributed by atoms with Crippen LogP contribution in [0.4, 0.5) is 0 Å². The topological polar surface area (TPSA) is 64.6 Å². The predicted molar refractivity (Wildman–Crippen MR) is 101 cm³/mol. The highest BCUT2D eigenvalue weighted by atomic mass is 35.5. The number of ether oxygens (including phenoxy) is 2. The smallest absolute Gasteiger partial charge is 0.344 e. The average molecular weight is 376 g/mol. The molecule has 1 amide bonds. The van der Waals surface area contributed by atoms with E-state index < -0.39 is 12.1 Å². The summed E-state index contributed by atoms with van der Waals surface area (Å²) in [5.41, 5.74) is 1.99. The molecule has 26 heavy (non-hydrogen) atoms. The molecule has 1 N–H and O–H groups in total. The van der Waals surface area contributed by atoms with E-state index in [0.29, 0.717) is 17.3 Å². The number of benzene rings is 2. The fourth-order valence-corrected chi connectivity index (χ4v) is 2.48. The second-order valence-electron chi connectivity index (χ2n) is 5.72. The van der Waals surface area contributed by atoms with E-state index in [9.17, 15) is 9.59 Å². The van der Waals surface area contributed by atoms with Gasteiger partial charge in [0.25, 0.3) is 5.91 Å². The van der Waals surface area contributed by atoms with Crippen molar-refractivity contribution in [3.63, 3.8) is 0 Å². The van der Waals surface area contributed by atoms with Gasteiger partial charge in [-0.2, -0.15) is 0 Å². The van der Waals surface area contributed by atoms with Crippen LogP contribution in [0.2, 0.25) is 5.02 Å². The first kappa shape index (κ1) is 19.8. The average Bonchev–Trinajstić information content (AvgIpc) is 2.65. The molecule has 0 heterocycles. The summed E-state index contributed by atoms with van der Waals surface area (Å²) in [4.78, 5) is 23.5. The van der Waals surface area contributed by atoms with E-state index in [1.165, 1.54) is 6.92 Å². The van der Waals surface area contributed by atoms with Gasteiger partial charge in [-0.05, 0) is 36.6 Å². The van der Waals surface area contributed by atoms with Crippen molar-refractivity contribution in [1.82, 2.24) is 5.32 Å². The maximum absolute atomic E-state index is 11.8. The molecular formula is C20H22ClNO4. The monoisotopic (exact) mass is 375 g/mol. The van der Waals surface area contributed by atoms with Crippen LogP contribution in [0.15, 0.2) is 48.5 Å². The van der Waals surface area contributed by atoms with Crippen LogP contribution >= 0.6 is 11.6 Å². The van der Waals surface area contributed by atoms with Crippen LogP contribution in [-0.2, 0) is 14.3 Å². The lowest BCUT2D eigenvalue weighted by molar-refractivity contribution is -0.156. The molecule has 0 saturated heterocycles. The third-order valence-electron chi connectivity index (χ3n) is 3.61. The highest BCUT2D eigenvalue weighted by Crippen LogP contribution is 2.30. The van der Waals surface area contributed by atoms with Crippen molar-refractivity contribution in [2.75, 3.05) is 13.2 Å². The van der Waals surface area contributed by atoms with Crippen LogP contribution in [0.5, 0.6) is 5.75 Å². The van der Waals surface area contributed by atoms with Crippen molar-refractivity contribution in [3.8, 4) is 16.9 Å². The van der Waals surface area contributed by atoms with Gasteiger partial charge in [0.05, 0.1) is 5.02 Å². The normalized spacial score (nSPS) is 11.5. The first-order chi connectivity index (χ1) is 12.5. The summed E-state index contributed by atoms with van der Waals surface area (Å²) in [5.74, 6) is -0.579. The van der Waals surface area contributed by atoms with Gasteiger partial charge < -0.3 is 14.8 Å². The fourth-order valence-electron chi connectivity index (χ4n) is 2.24. The molecule has 1 atom stereocenters. The lowest BCUT2D eigenvalue weighted by atomic mass is 10.1. The number of hydrogen-bond acceptors (Lipinski definition) is 4. The van der Waals surface area contributed by atoms with E-state index in [1.54, 1.807) is 12.1 Å². The van der Waals surface area contributed by atoms with Gasteiger partial charge in [-0.3, -0.25) is 4.79 Å². The first-order valence-corrected chi connectivity index (χ1v) is 8.84. The molecule has 0 saturated carbocycles. The second-order valence-corrected chi connectivity index (χ2v) is 6.13. The minimum absolute atomic E-state index is 0.324. The zero-order valence-corrected chi connectivity index (χ0v) is 15.6. The molecule has 0 aliphatic heterocycles. The Labute approximate surface area is 158 Å². The Kier molecular flexibility index (Phi) is 7.48. The summed E-state index contributed by atoms with van der Waals surface area (Å²) in [6.07, 6.45) is -0.0546. The van der Waals surface area contributed by atoms with Crippen molar-refractivity contribution >= 4 is 23.5 Å². The summed E-state index contributed by atoms with van der Waals surface area (Å²) < 4.78 is 10.5. The zero-order chi connectivity index (χ0) is 18.9. The van der Waals surface area contributed by atoms with E-state index in [0.717, 1.165) is 17.5 Å². The molecule has 0 bridgehead atoms. The minimum atomic E-state index is -0.867. The number of carbonyl (C=O) groups is 2. The molecule has 6 heteroatoms. The van der Waals surface area contributed by atoms with Crippen molar-refractivity contribution in [3.05, 3.63) is 53.6 Å². The number of halogens is 1. The SMILES string of the molecule is CCCNC(=O)[C@H](C)OC(=O)COc1ccc(-c2ccccc2)cc1Cl. The van der Waals surface area contributed by atoms with Gasteiger partial charge in [0.15, 0.2) is 12.7 Å². The maximum atomic E-state index is 11.8. The summed E-state index contributed by atoms with van der Waals surface area (Å²) in [6, 6.07) is 15.1. The van der Waals surface area contributed by atoms with E-state index in [4.69, 9.17) is 21.1 Å². The van der Waals surface area contributed by atoms with E-state index in [-0.39, 0.29) is 12.5 Å². The van der Waals surface area contributed by atoms with Crippen molar-refractivity contribution in [2.24, 2.45) is 0 Å². The third-order valence-corrected chi connectivity index (χ3v) is 3.91. The maximum Gasteiger partial charge on any atom is 0.344 e. The van der Waals surface area contributed by atoms with Crippen LogP contribution in [0.25, 0.3) is 11.1 Å². The van der Waals surface area contributed by atoms with Crippen molar-refractivity contribution < 1.29 is 19.1 Å².